The Hall–Kier alpha value is -2.71. The normalized spacial score (nSPS) is 11.3. The molecular formula is C21H23N3O3S2. The number of carbonyl (C=O) groups is 1. The number of hydrogen-bond donors (Lipinski definition) is 2. The van der Waals surface area contributed by atoms with Gasteiger partial charge in [0.1, 0.15) is 4.88 Å². The molecule has 0 bridgehead atoms. The Labute approximate surface area is 175 Å². The fraction of sp³-hybridized carbons (Fsp3) is 0.238. The van der Waals surface area contributed by atoms with Crippen LogP contribution in [0, 0.1) is 13.8 Å². The average molecular weight is 430 g/mol. The van der Waals surface area contributed by atoms with E-state index in [9.17, 15) is 13.2 Å². The Balaban J connectivity index is 1.68. The van der Waals surface area contributed by atoms with E-state index in [0.29, 0.717) is 16.3 Å². The first kappa shape index (κ1) is 21.0. The van der Waals surface area contributed by atoms with Crippen LogP contribution in [0.1, 0.15) is 39.3 Å². The molecular weight excluding hydrogens is 406 g/mol. The van der Waals surface area contributed by atoms with Gasteiger partial charge in [0.05, 0.1) is 15.6 Å². The van der Waals surface area contributed by atoms with Crippen LogP contribution in [0.3, 0.4) is 0 Å². The van der Waals surface area contributed by atoms with Gasteiger partial charge in [0, 0.05) is 11.4 Å². The number of sulfonamides is 1. The van der Waals surface area contributed by atoms with Crippen LogP contribution in [-0.2, 0) is 16.4 Å². The van der Waals surface area contributed by atoms with Gasteiger partial charge >= 0.3 is 0 Å². The lowest BCUT2D eigenvalue weighted by Crippen LogP contribution is -2.13. The Morgan fingerprint density at radius 2 is 1.62 bits per heavy atom. The van der Waals surface area contributed by atoms with E-state index in [2.05, 4.69) is 21.9 Å². The van der Waals surface area contributed by atoms with Gasteiger partial charge in [-0.2, -0.15) is 0 Å². The van der Waals surface area contributed by atoms with Crippen LogP contribution >= 0.6 is 11.3 Å². The zero-order chi connectivity index (χ0) is 21.0. The fourth-order valence-corrected chi connectivity index (χ4v) is 4.84. The van der Waals surface area contributed by atoms with Crippen molar-refractivity contribution in [2.24, 2.45) is 0 Å². The summed E-state index contributed by atoms with van der Waals surface area (Å²) < 4.78 is 27.5. The lowest BCUT2D eigenvalue weighted by molar-refractivity contribution is 0.103. The Morgan fingerprint density at radius 1 is 1.00 bits per heavy atom. The largest absolute Gasteiger partial charge is 0.321 e. The predicted molar refractivity (Wildman–Crippen MR) is 117 cm³/mol. The monoisotopic (exact) mass is 429 g/mol. The van der Waals surface area contributed by atoms with Crippen LogP contribution in [-0.4, -0.2) is 19.3 Å². The molecule has 1 heterocycles. The summed E-state index contributed by atoms with van der Waals surface area (Å²) in [5.41, 5.74) is 2.71. The summed E-state index contributed by atoms with van der Waals surface area (Å²) in [7, 11) is -3.66. The first-order chi connectivity index (χ1) is 13.8. The first-order valence-corrected chi connectivity index (χ1v) is 11.6. The third-order valence-electron chi connectivity index (χ3n) is 4.24. The lowest BCUT2D eigenvalue weighted by Gasteiger charge is -2.10. The van der Waals surface area contributed by atoms with Crippen LogP contribution < -0.4 is 10.0 Å². The minimum atomic E-state index is -3.66. The van der Waals surface area contributed by atoms with Crippen LogP contribution in [0.15, 0.2) is 53.4 Å². The van der Waals surface area contributed by atoms with E-state index in [1.165, 1.54) is 11.3 Å². The van der Waals surface area contributed by atoms with Gasteiger partial charge in [-0.3, -0.25) is 9.52 Å². The zero-order valence-electron chi connectivity index (χ0n) is 16.5. The molecule has 1 amide bonds. The second kappa shape index (κ2) is 8.75. The molecule has 0 atom stereocenters. The number of amides is 1. The molecule has 0 saturated heterocycles. The number of carbonyl (C=O) groups excluding carboxylic acids is 1. The third kappa shape index (κ3) is 5.21. The van der Waals surface area contributed by atoms with E-state index in [4.69, 9.17) is 0 Å². The summed E-state index contributed by atoms with van der Waals surface area (Å²) in [6.07, 6.45) is 1.84. The van der Waals surface area contributed by atoms with Gasteiger partial charge in [0.2, 0.25) is 0 Å². The summed E-state index contributed by atoms with van der Waals surface area (Å²) in [6, 6.07) is 13.2. The van der Waals surface area contributed by atoms with Gasteiger partial charge in [-0.05, 0) is 63.1 Å². The highest BCUT2D eigenvalue weighted by molar-refractivity contribution is 7.92. The zero-order valence-corrected chi connectivity index (χ0v) is 18.2. The smallest absolute Gasteiger partial charge is 0.267 e. The fourth-order valence-electron chi connectivity index (χ4n) is 2.72. The molecule has 6 nitrogen and oxygen atoms in total. The van der Waals surface area contributed by atoms with Crippen molar-refractivity contribution in [3.8, 4) is 0 Å². The molecule has 0 aliphatic rings. The summed E-state index contributed by atoms with van der Waals surface area (Å²) in [4.78, 5) is 17.8. The molecule has 3 rings (SSSR count). The number of benzene rings is 2. The second-order valence-corrected chi connectivity index (χ2v) is 9.49. The summed E-state index contributed by atoms with van der Waals surface area (Å²) in [5, 5.41) is 3.79. The van der Waals surface area contributed by atoms with Gasteiger partial charge < -0.3 is 5.32 Å². The average Bonchev–Trinajstić information content (AvgIpc) is 3.04. The molecule has 152 valence electrons. The molecule has 1 aromatic heterocycles. The third-order valence-corrected chi connectivity index (χ3v) is 6.85. The van der Waals surface area contributed by atoms with Crippen molar-refractivity contribution >= 4 is 38.6 Å². The number of nitrogens with one attached hydrogen (secondary N) is 2. The van der Waals surface area contributed by atoms with E-state index in [0.717, 1.165) is 29.1 Å². The molecule has 0 aliphatic carbocycles. The van der Waals surface area contributed by atoms with Crippen molar-refractivity contribution in [2.75, 3.05) is 10.0 Å². The number of thiazole rings is 1. The van der Waals surface area contributed by atoms with Crippen LogP contribution in [0.5, 0.6) is 0 Å². The SMILES string of the molecule is CCCc1nc(C)c(C(=O)Nc2ccc(NS(=O)(=O)c3ccc(C)cc3)cc2)s1. The van der Waals surface area contributed by atoms with Crippen molar-refractivity contribution in [1.29, 1.82) is 0 Å². The second-order valence-electron chi connectivity index (χ2n) is 6.72. The van der Waals surface area contributed by atoms with Crippen molar-refractivity contribution in [3.63, 3.8) is 0 Å². The molecule has 0 spiro atoms. The van der Waals surface area contributed by atoms with Crippen molar-refractivity contribution in [3.05, 3.63) is 69.7 Å². The Bertz CT molecular complexity index is 1100. The highest BCUT2D eigenvalue weighted by atomic mass is 32.2. The van der Waals surface area contributed by atoms with Gasteiger partial charge in [0.25, 0.3) is 15.9 Å². The predicted octanol–water partition coefficient (Wildman–Crippen LogP) is 4.77. The molecule has 8 heteroatoms. The number of hydrogen-bond acceptors (Lipinski definition) is 5. The van der Waals surface area contributed by atoms with Crippen LogP contribution in [0.2, 0.25) is 0 Å². The maximum absolute atomic E-state index is 12.5. The Morgan fingerprint density at radius 3 is 2.24 bits per heavy atom. The quantitative estimate of drug-likeness (QED) is 0.566. The van der Waals surface area contributed by atoms with E-state index >= 15 is 0 Å². The highest BCUT2D eigenvalue weighted by Gasteiger charge is 2.16. The summed E-state index contributed by atoms with van der Waals surface area (Å²) >= 11 is 1.41. The summed E-state index contributed by atoms with van der Waals surface area (Å²) in [6.45, 7) is 5.80. The molecule has 0 aliphatic heterocycles. The molecule has 0 fully saturated rings. The number of aromatic nitrogens is 1. The van der Waals surface area contributed by atoms with E-state index < -0.39 is 10.0 Å². The number of nitrogens with zero attached hydrogens (tertiary/aromatic N) is 1. The number of aryl methyl sites for hydroxylation is 3. The molecule has 3 aromatic rings. The number of rotatable bonds is 7. The molecule has 0 unspecified atom stereocenters. The highest BCUT2D eigenvalue weighted by Crippen LogP contribution is 2.22. The van der Waals surface area contributed by atoms with E-state index in [1.807, 2.05) is 13.8 Å². The lowest BCUT2D eigenvalue weighted by atomic mass is 10.2. The van der Waals surface area contributed by atoms with Gasteiger partial charge in [-0.1, -0.05) is 24.6 Å². The van der Waals surface area contributed by atoms with Crippen LogP contribution in [0.25, 0.3) is 0 Å². The maximum Gasteiger partial charge on any atom is 0.267 e. The molecule has 0 saturated carbocycles. The van der Waals surface area contributed by atoms with Gasteiger partial charge in [-0.15, -0.1) is 11.3 Å². The molecule has 29 heavy (non-hydrogen) atoms. The minimum Gasteiger partial charge on any atom is -0.321 e. The maximum atomic E-state index is 12.5. The van der Waals surface area contributed by atoms with Crippen LogP contribution in [0.4, 0.5) is 11.4 Å². The van der Waals surface area contributed by atoms with Gasteiger partial charge in [-0.25, -0.2) is 13.4 Å². The molecule has 0 radical (unpaired) electrons. The van der Waals surface area contributed by atoms with E-state index in [1.54, 1.807) is 48.5 Å². The van der Waals surface area contributed by atoms with Crippen molar-refractivity contribution in [1.82, 2.24) is 4.98 Å². The topological polar surface area (TPSA) is 88.2 Å². The first-order valence-electron chi connectivity index (χ1n) is 9.25. The summed E-state index contributed by atoms with van der Waals surface area (Å²) in [5.74, 6) is -0.213. The molecule has 2 N–H and O–H groups in total. The van der Waals surface area contributed by atoms with Crippen molar-refractivity contribution < 1.29 is 13.2 Å². The van der Waals surface area contributed by atoms with Crippen molar-refractivity contribution in [2.45, 2.75) is 38.5 Å². The van der Waals surface area contributed by atoms with E-state index in [-0.39, 0.29) is 10.8 Å². The van der Waals surface area contributed by atoms with Gasteiger partial charge in [0.15, 0.2) is 0 Å². The molecule has 2 aromatic carbocycles. The minimum absolute atomic E-state index is 0.198. The number of anilines is 2. The standard InChI is InChI=1S/C21H23N3O3S2/c1-4-5-19-22-15(3)20(28-19)21(25)23-16-8-10-17(11-9-16)24-29(26,27)18-12-6-14(2)7-13-18/h6-13,24H,4-5H2,1-3H3,(H,23,25). The Kier molecular flexibility index (Phi) is 6.34.